The first-order valence-corrected chi connectivity index (χ1v) is 6.76. The van der Waals surface area contributed by atoms with Crippen LogP contribution in [-0.2, 0) is 19.6 Å². The standard InChI is InChI=1S/C15H21N3O/c1-5-13-8-7-11(3)9-14(13)19-10-15-17-16-12(4)18(15)6-2/h7-9H,5-6,10H2,1-4H3. The largest absolute Gasteiger partial charge is 0.485 e. The topological polar surface area (TPSA) is 39.9 Å². The van der Waals surface area contributed by atoms with Crippen LogP contribution in [0.4, 0.5) is 0 Å². The Morgan fingerprint density at radius 2 is 1.95 bits per heavy atom. The molecule has 19 heavy (non-hydrogen) atoms. The Bertz CT molecular complexity index is 561. The van der Waals surface area contributed by atoms with Gasteiger partial charge in [-0.3, -0.25) is 0 Å². The summed E-state index contributed by atoms with van der Waals surface area (Å²) in [7, 11) is 0. The third-order valence-electron chi connectivity index (χ3n) is 3.29. The molecule has 1 aromatic heterocycles. The zero-order valence-corrected chi connectivity index (χ0v) is 12.1. The van der Waals surface area contributed by atoms with Gasteiger partial charge in [0, 0.05) is 6.54 Å². The van der Waals surface area contributed by atoms with Crippen molar-refractivity contribution in [1.82, 2.24) is 14.8 Å². The Hall–Kier alpha value is -1.84. The lowest BCUT2D eigenvalue weighted by Gasteiger charge is -2.11. The van der Waals surface area contributed by atoms with Crippen molar-refractivity contribution in [3.8, 4) is 5.75 Å². The molecule has 1 aromatic carbocycles. The summed E-state index contributed by atoms with van der Waals surface area (Å²) in [5.74, 6) is 2.76. The molecular weight excluding hydrogens is 238 g/mol. The number of nitrogens with zero attached hydrogens (tertiary/aromatic N) is 3. The van der Waals surface area contributed by atoms with Crippen LogP contribution in [0.2, 0.25) is 0 Å². The summed E-state index contributed by atoms with van der Waals surface area (Å²) in [6.07, 6.45) is 0.967. The molecule has 0 saturated carbocycles. The lowest BCUT2D eigenvalue weighted by Crippen LogP contribution is -2.08. The number of benzene rings is 1. The van der Waals surface area contributed by atoms with E-state index >= 15 is 0 Å². The molecule has 0 aliphatic rings. The van der Waals surface area contributed by atoms with E-state index in [4.69, 9.17) is 4.74 Å². The van der Waals surface area contributed by atoms with E-state index in [1.165, 1.54) is 11.1 Å². The van der Waals surface area contributed by atoms with Crippen LogP contribution in [0, 0.1) is 13.8 Å². The van der Waals surface area contributed by atoms with Crippen molar-refractivity contribution in [2.75, 3.05) is 0 Å². The fourth-order valence-corrected chi connectivity index (χ4v) is 2.17. The van der Waals surface area contributed by atoms with E-state index < -0.39 is 0 Å². The molecule has 1 heterocycles. The summed E-state index contributed by atoms with van der Waals surface area (Å²) < 4.78 is 8.00. The molecule has 0 aliphatic heterocycles. The second-order valence-electron chi connectivity index (χ2n) is 4.66. The molecule has 0 unspecified atom stereocenters. The predicted octanol–water partition coefficient (Wildman–Crippen LogP) is 3.06. The van der Waals surface area contributed by atoms with Crippen molar-refractivity contribution in [3.63, 3.8) is 0 Å². The highest BCUT2D eigenvalue weighted by Gasteiger charge is 2.09. The third-order valence-corrected chi connectivity index (χ3v) is 3.29. The molecular formula is C15H21N3O. The lowest BCUT2D eigenvalue weighted by molar-refractivity contribution is 0.286. The van der Waals surface area contributed by atoms with Crippen LogP contribution in [0.5, 0.6) is 5.75 Å². The van der Waals surface area contributed by atoms with Gasteiger partial charge in [0.25, 0.3) is 0 Å². The predicted molar refractivity (Wildman–Crippen MR) is 75.3 cm³/mol. The molecule has 0 aliphatic carbocycles. The summed E-state index contributed by atoms with van der Waals surface area (Å²) in [5, 5.41) is 8.26. The van der Waals surface area contributed by atoms with Gasteiger partial charge in [-0.15, -0.1) is 10.2 Å². The number of aromatic nitrogens is 3. The van der Waals surface area contributed by atoms with Gasteiger partial charge in [0.1, 0.15) is 18.2 Å². The van der Waals surface area contributed by atoms with Crippen LogP contribution >= 0.6 is 0 Å². The lowest BCUT2D eigenvalue weighted by atomic mass is 10.1. The number of aryl methyl sites for hydroxylation is 3. The van der Waals surface area contributed by atoms with E-state index in [0.29, 0.717) is 6.61 Å². The van der Waals surface area contributed by atoms with E-state index in [-0.39, 0.29) is 0 Å². The maximum atomic E-state index is 5.93. The summed E-state index contributed by atoms with van der Waals surface area (Å²) in [4.78, 5) is 0. The number of ether oxygens (including phenoxy) is 1. The van der Waals surface area contributed by atoms with Crippen molar-refractivity contribution < 1.29 is 4.74 Å². The molecule has 0 amide bonds. The minimum atomic E-state index is 0.463. The Morgan fingerprint density at radius 1 is 1.16 bits per heavy atom. The zero-order chi connectivity index (χ0) is 13.8. The second-order valence-corrected chi connectivity index (χ2v) is 4.66. The quantitative estimate of drug-likeness (QED) is 0.828. The van der Waals surface area contributed by atoms with Crippen LogP contribution in [0.1, 0.15) is 36.6 Å². The van der Waals surface area contributed by atoms with Crippen LogP contribution in [-0.4, -0.2) is 14.8 Å². The number of hydrogen-bond acceptors (Lipinski definition) is 3. The molecule has 0 saturated heterocycles. The molecule has 0 N–H and O–H groups in total. The van der Waals surface area contributed by atoms with Crippen molar-refractivity contribution in [2.24, 2.45) is 0 Å². The molecule has 0 fully saturated rings. The first kappa shape index (κ1) is 13.6. The van der Waals surface area contributed by atoms with Crippen molar-refractivity contribution in [1.29, 1.82) is 0 Å². The van der Waals surface area contributed by atoms with Gasteiger partial charge >= 0.3 is 0 Å². The molecule has 2 rings (SSSR count). The Kier molecular flexibility index (Phi) is 4.20. The van der Waals surface area contributed by atoms with Gasteiger partial charge < -0.3 is 9.30 Å². The summed E-state index contributed by atoms with van der Waals surface area (Å²) in [6, 6.07) is 6.32. The van der Waals surface area contributed by atoms with Gasteiger partial charge in [-0.1, -0.05) is 19.1 Å². The molecule has 0 atom stereocenters. The average Bonchev–Trinajstić information content (AvgIpc) is 2.77. The molecule has 4 heteroatoms. The van der Waals surface area contributed by atoms with E-state index in [9.17, 15) is 0 Å². The Morgan fingerprint density at radius 3 is 2.63 bits per heavy atom. The molecule has 0 radical (unpaired) electrons. The highest BCUT2D eigenvalue weighted by atomic mass is 16.5. The minimum absolute atomic E-state index is 0.463. The maximum Gasteiger partial charge on any atom is 0.171 e. The van der Waals surface area contributed by atoms with Crippen LogP contribution < -0.4 is 4.74 Å². The van der Waals surface area contributed by atoms with E-state index in [1.54, 1.807) is 0 Å². The third kappa shape index (κ3) is 2.95. The number of hydrogen-bond donors (Lipinski definition) is 0. The zero-order valence-electron chi connectivity index (χ0n) is 12.1. The fraction of sp³-hybridized carbons (Fsp3) is 0.467. The average molecular weight is 259 g/mol. The Labute approximate surface area is 114 Å². The first-order valence-electron chi connectivity index (χ1n) is 6.76. The highest BCUT2D eigenvalue weighted by molar-refractivity contribution is 5.37. The normalized spacial score (nSPS) is 10.7. The van der Waals surface area contributed by atoms with Crippen LogP contribution in [0.3, 0.4) is 0 Å². The summed E-state index contributed by atoms with van der Waals surface area (Å²) in [5.41, 5.74) is 2.44. The van der Waals surface area contributed by atoms with Gasteiger partial charge in [-0.05, 0) is 44.4 Å². The minimum Gasteiger partial charge on any atom is -0.485 e. The smallest absolute Gasteiger partial charge is 0.171 e. The number of rotatable bonds is 5. The molecule has 4 nitrogen and oxygen atoms in total. The van der Waals surface area contributed by atoms with Crippen LogP contribution in [0.15, 0.2) is 18.2 Å². The van der Waals surface area contributed by atoms with Gasteiger partial charge in [-0.2, -0.15) is 0 Å². The highest BCUT2D eigenvalue weighted by Crippen LogP contribution is 2.21. The van der Waals surface area contributed by atoms with E-state index in [0.717, 1.165) is 30.4 Å². The van der Waals surface area contributed by atoms with Crippen LogP contribution in [0.25, 0.3) is 0 Å². The van der Waals surface area contributed by atoms with Gasteiger partial charge in [-0.25, -0.2) is 0 Å². The van der Waals surface area contributed by atoms with Gasteiger partial charge in [0.15, 0.2) is 5.82 Å². The summed E-state index contributed by atoms with van der Waals surface area (Å²) in [6.45, 7) is 9.59. The van der Waals surface area contributed by atoms with Crippen molar-refractivity contribution in [3.05, 3.63) is 41.0 Å². The molecule has 0 spiro atoms. The van der Waals surface area contributed by atoms with Crippen molar-refractivity contribution in [2.45, 2.75) is 47.3 Å². The molecule has 102 valence electrons. The fourth-order valence-electron chi connectivity index (χ4n) is 2.17. The molecule has 0 bridgehead atoms. The van der Waals surface area contributed by atoms with Gasteiger partial charge in [0.2, 0.25) is 0 Å². The SMILES string of the molecule is CCc1ccc(C)cc1OCc1nnc(C)n1CC. The van der Waals surface area contributed by atoms with Gasteiger partial charge in [0.05, 0.1) is 0 Å². The molecule has 2 aromatic rings. The van der Waals surface area contributed by atoms with E-state index in [2.05, 4.69) is 53.7 Å². The monoisotopic (exact) mass is 259 g/mol. The second kappa shape index (κ2) is 5.87. The van der Waals surface area contributed by atoms with Crippen molar-refractivity contribution >= 4 is 0 Å². The summed E-state index contributed by atoms with van der Waals surface area (Å²) >= 11 is 0. The maximum absolute atomic E-state index is 5.93. The Balaban J connectivity index is 2.16. The first-order chi connectivity index (χ1) is 9.15. The van der Waals surface area contributed by atoms with E-state index in [1.807, 2.05) is 6.92 Å².